The lowest BCUT2D eigenvalue weighted by atomic mass is 9.77. The fourth-order valence-corrected chi connectivity index (χ4v) is 8.27. The molecule has 2 aliphatic heterocycles. The van der Waals surface area contributed by atoms with Gasteiger partial charge in [0.25, 0.3) is 15.9 Å². The zero-order chi connectivity index (χ0) is 27.7. The van der Waals surface area contributed by atoms with Crippen LogP contribution >= 0.6 is 0 Å². The third-order valence-electron chi connectivity index (χ3n) is 8.03. The highest BCUT2D eigenvalue weighted by molar-refractivity contribution is 7.92. The molecule has 39 heavy (non-hydrogen) atoms. The molecule has 2 aromatic carbocycles. The third kappa shape index (κ3) is 4.42. The number of nitrogens with one attached hydrogen (secondary N) is 2. The molecule has 4 atom stereocenters. The number of amidine groups is 1. The van der Waals surface area contributed by atoms with E-state index in [1.54, 1.807) is 12.0 Å². The van der Waals surface area contributed by atoms with Gasteiger partial charge in [-0.3, -0.25) is 9.52 Å². The summed E-state index contributed by atoms with van der Waals surface area (Å²) in [6, 6.07) is 11.2. The van der Waals surface area contributed by atoms with Crippen LogP contribution < -0.4 is 14.8 Å². The molecule has 2 heterocycles. The van der Waals surface area contributed by atoms with E-state index in [1.807, 2.05) is 24.3 Å². The highest BCUT2D eigenvalue weighted by Gasteiger charge is 2.57. The van der Waals surface area contributed by atoms with Crippen molar-refractivity contribution in [2.24, 2.45) is 22.2 Å². The van der Waals surface area contributed by atoms with Gasteiger partial charge in [-0.15, -0.1) is 4.40 Å². The summed E-state index contributed by atoms with van der Waals surface area (Å²) in [5.41, 5.74) is 0.888. The first-order chi connectivity index (χ1) is 18.4. The summed E-state index contributed by atoms with van der Waals surface area (Å²) in [5, 5.41) is 14.4. The Labute approximate surface area is 226 Å². The number of anilines is 2. The smallest absolute Gasteiger partial charge is 0.286 e. The van der Waals surface area contributed by atoms with Crippen LogP contribution in [0, 0.1) is 17.8 Å². The molecule has 2 aliphatic carbocycles. The van der Waals surface area contributed by atoms with Crippen molar-refractivity contribution in [2.45, 2.75) is 36.7 Å². The zero-order valence-corrected chi connectivity index (χ0v) is 22.9. The number of rotatable bonds is 6. The summed E-state index contributed by atoms with van der Waals surface area (Å²) in [4.78, 5) is 15.5. The van der Waals surface area contributed by atoms with E-state index in [9.17, 15) is 26.7 Å². The van der Waals surface area contributed by atoms with Gasteiger partial charge in [-0.1, -0.05) is 12.1 Å². The van der Waals surface area contributed by atoms with Gasteiger partial charge < -0.3 is 20.1 Å². The first-order valence-electron chi connectivity index (χ1n) is 12.6. The molecule has 1 amide bonds. The molecular weight excluding hydrogens is 544 g/mol. The minimum Gasteiger partial charge on any atom is -0.511 e. The maximum Gasteiger partial charge on any atom is 0.286 e. The summed E-state index contributed by atoms with van der Waals surface area (Å²) < 4.78 is 61.1. The van der Waals surface area contributed by atoms with Gasteiger partial charge in [0.05, 0.1) is 19.1 Å². The fourth-order valence-electron chi connectivity index (χ4n) is 6.56. The first kappa shape index (κ1) is 25.7. The second kappa shape index (κ2) is 8.98. The van der Waals surface area contributed by atoms with Crippen molar-refractivity contribution < 1.29 is 31.5 Å². The number of carbonyl (C=O) groups excluding carboxylic acids is 1. The lowest BCUT2D eigenvalue weighted by Crippen LogP contribution is -2.53. The molecule has 0 spiro atoms. The number of hydrogen-bond acceptors (Lipinski definition) is 8. The predicted octanol–water partition coefficient (Wildman–Crippen LogP) is 2.85. The molecular formula is C26H28N4O7S2. The molecule has 2 aromatic rings. The fraction of sp³-hybridized carbons (Fsp3) is 0.385. The molecule has 11 nitrogen and oxygen atoms in total. The molecule has 0 saturated heterocycles. The number of aliphatic hydroxyl groups is 1. The largest absolute Gasteiger partial charge is 0.511 e. The van der Waals surface area contributed by atoms with Crippen molar-refractivity contribution in [2.75, 3.05) is 23.4 Å². The number of hydrogen-bond donors (Lipinski definition) is 3. The summed E-state index contributed by atoms with van der Waals surface area (Å²) in [5.74, 6) is -0.0735. The van der Waals surface area contributed by atoms with Gasteiger partial charge in [0.1, 0.15) is 22.0 Å². The minimum atomic E-state index is -4.33. The van der Waals surface area contributed by atoms with Gasteiger partial charge >= 0.3 is 0 Å². The van der Waals surface area contributed by atoms with E-state index >= 15 is 0 Å². The van der Waals surface area contributed by atoms with E-state index in [2.05, 4.69) is 14.4 Å². The van der Waals surface area contributed by atoms with Gasteiger partial charge in [0.15, 0.2) is 5.84 Å². The molecule has 2 bridgehead atoms. The summed E-state index contributed by atoms with van der Waals surface area (Å²) in [7, 11) is -6.39. The minimum absolute atomic E-state index is 0.0605. The quantitative estimate of drug-likeness (QED) is 0.477. The summed E-state index contributed by atoms with van der Waals surface area (Å²) in [6.07, 6.45) is 3.76. The number of methoxy groups -OCH3 is 1. The zero-order valence-electron chi connectivity index (χ0n) is 21.3. The average Bonchev–Trinajstić information content (AvgIpc) is 3.48. The second-order valence-corrected chi connectivity index (χ2v) is 13.8. The van der Waals surface area contributed by atoms with E-state index in [1.165, 1.54) is 12.1 Å². The van der Waals surface area contributed by atoms with Gasteiger partial charge in [-0.2, -0.15) is 8.42 Å². The molecule has 206 valence electrons. The molecule has 0 unspecified atom stereocenters. The number of amides is 1. The molecule has 3 N–H and O–H groups in total. The van der Waals surface area contributed by atoms with E-state index < -0.39 is 26.0 Å². The predicted molar refractivity (Wildman–Crippen MR) is 144 cm³/mol. The van der Waals surface area contributed by atoms with E-state index in [0.29, 0.717) is 5.75 Å². The number of carbonyl (C=O) groups is 1. The van der Waals surface area contributed by atoms with Crippen LogP contribution in [0.25, 0.3) is 0 Å². The Morgan fingerprint density at radius 2 is 1.95 bits per heavy atom. The van der Waals surface area contributed by atoms with Crippen LogP contribution in [-0.2, 0) is 31.4 Å². The van der Waals surface area contributed by atoms with Crippen LogP contribution in [-0.4, -0.2) is 58.0 Å². The van der Waals surface area contributed by atoms with E-state index in [0.717, 1.165) is 37.1 Å². The van der Waals surface area contributed by atoms with Crippen LogP contribution in [0.1, 0.15) is 24.8 Å². The summed E-state index contributed by atoms with van der Waals surface area (Å²) >= 11 is 0. The molecule has 13 heteroatoms. The summed E-state index contributed by atoms with van der Waals surface area (Å²) in [6.45, 7) is 0.272. The van der Waals surface area contributed by atoms with Gasteiger partial charge in [-0.05, 0) is 67.0 Å². The maximum absolute atomic E-state index is 14.0. The Balaban J connectivity index is 1.41. The second-order valence-electron chi connectivity index (χ2n) is 10.5. The number of sulfonamides is 2. The molecule has 0 radical (unpaired) electrons. The normalized spacial score (nSPS) is 27.0. The molecule has 4 aliphatic rings. The van der Waals surface area contributed by atoms with Gasteiger partial charge in [0, 0.05) is 24.2 Å². The number of nitrogens with zero attached hydrogens (tertiary/aromatic N) is 2. The lowest BCUT2D eigenvalue weighted by Gasteiger charge is -2.44. The Morgan fingerprint density at radius 3 is 2.69 bits per heavy atom. The van der Waals surface area contributed by atoms with Crippen molar-refractivity contribution in [1.82, 2.24) is 4.90 Å². The Kier molecular flexibility index (Phi) is 5.92. The van der Waals surface area contributed by atoms with Crippen molar-refractivity contribution in [3.05, 3.63) is 59.4 Å². The molecule has 6 rings (SSSR count). The highest BCUT2D eigenvalue weighted by Crippen LogP contribution is 2.55. The van der Waals surface area contributed by atoms with E-state index in [4.69, 9.17) is 4.74 Å². The maximum atomic E-state index is 14.0. The molecule has 2 fully saturated rings. The van der Waals surface area contributed by atoms with Crippen molar-refractivity contribution in [1.29, 1.82) is 0 Å². The van der Waals surface area contributed by atoms with Crippen LogP contribution in [0.5, 0.6) is 5.75 Å². The van der Waals surface area contributed by atoms with Crippen molar-refractivity contribution in [3.8, 4) is 5.75 Å². The van der Waals surface area contributed by atoms with Crippen molar-refractivity contribution in [3.63, 3.8) is 0 Å². The van der Waals surface area contributed by atoms with Gasteiger partial charge in [0.2, 0.25) is 10.0 Å². The monoisotopic (exact) mass is 572 g/mol. The first-order valence-corrected chi connectivity index (χ1v) is 15.9. The molecule has 2 saturated carbocycles. The number of benzene rings is 2. The topological polar surface area (TPSA) is 154 Å². The molecule has 0 aromatic heterocycles. The standard InChI is InChI=1S/C26H28N4O7S2/c1-37-18-5-3-4-14(10-18)13-30-23-16-7-6-15(11-16)21(23)24(31)22(26(30)32)25-27-19-9-8-17(28-38(2,33)34)12-20(19)39(35,36)29-25/h3-5,8-10,12,15-16,21,23,28,31H,6-7,11,13H2,1-2H3,(H,27,29)/t15-,16+,21+,23-/m0/s1. The highest BCUT2D eigenvalue weighted by atomic mass is 32.2. The van der Waals surface area contributed by atoms with Crippen LogP contribution in [0.3, 0.4) is 0 Å². The van der Waals surface area contributed by atoms with Crippen LogP contribution in [0.4, 0.5) is 11.4 Å². The van der Waals surface area contributed by atoms with Crippen molar-refractivity contribution >= 4 is 43.2 Å². The number of aliphatic hydroxyl groups excluding tert-OH is 1. The third-order valence-corrected chi connectivity index (χ3v) is 9.95. The number of fused-ring (bicyclic) bond motifs is 6. The Hall–Kier alpha value is -3.58. The average molecular weight is 573 g/mol. The SMILES string of the molecule is COc1cccc(CN2C(=O)C(C3=NS(=O)(=O)c4cc(NS(C)(=O)=O)ccc4N3)=C(O)[C@@H]3[C@H]4CC[C@H](C4)[C@@H]32)c1. The Bertz CT molecular complexity index is 1670. The number of ether oxygens (including phenoxy) is 1. The van der Waals surface area contributed by atoms with E-state index in [-0.39, 0.29) is 63.8 Å². The lowest BCUT2D eigenvalue weighted by molar-refractivity contribution is -0.134. The Morgan fingerprint density at radius 1 is 1.18 bits per heavy atom. The van der Waals surface area contributed by atoms with Crippen LogP contribution in [0.2, 0.25) is 0 Å². The van der Waals surface area contributed by atoms with Gasteiger partial charge in [-0.25, -0.2) is 8.42 Å². The van der Waals surface area contributed by atoms with Crippen LogP contribution in [0.15, 0.2) is 63.1 Å².